The molecule has 0 radical (unpaired) electrons. The zero-order chi connectivity index (χ0) is 20.6. The fourth-order valence-corrected chi connectivity index (χ4v) is 5.29. The van der Waals surface area contributed by atoms with E-state index >= 15 is 0 Å². The second-order valence-corrected chi connectivity index (χ2v) is 7.86. The van der Waals surface area contributed by atoms with Gasteiger partial charge in [-0.25, -0.2) is 0 Å². The number of thioether (sulfide) groups is 1. The minimum atomic E-state index is -1.53. The first-order valence-corrected chi connectivity index (χ1v) is 10.1. The molecule has 7 heteroatoms. The van der Waals surface area contributed by atoms with Crippen molar-refractivity contribution >= 4 is 17.7 Å². The minimum absolute atomic E-state index is 0.0829. The van der Waals surface area contributed by atoms with Crippen molar-refractivity contribution in [2.75, 3.05) is 20.0 Å². The van der Waals surface area contributed by atoms with E-state index in [1.54, 1.807) is 38.5 Å². The van der Waals surface area contributed by atoms with Crippen LogP contribution in [0.5, 0.6) is 11.5 Å². The van der Waals surface area contributed by atoms with Crippen molar-refractivity contribution in [3.8, 4) is 17.6 Å². The second kappa shape index (κ2) is 7.47. The number of allylic oxidation sites excluding steroid dienone is 1. The fourth-order valence-electron chi connectivity index (χ4n) is 3.93. The number of amides is 1. The van der Waals surface area contributed by atoms with Crippen molar-refractivity contribution < 1.29 is 19.4 Å². The highest BCUT2D eigenvalue weighted by Gasteiger charge is 2.52. The molecule has 6 nitrogen and oxygen atoms in total. The van der Waals surface area contributed by atoms with E-state index in [-0.39, 0.29) is 18.1 Å². The summed E-state index contributed by atoms with van der Waals surface area (Å²) in [5, 5.41) is 21.9. The van der Waals surface area contributed by atoms with Gasteiger partial charge in [0.1, 0.15) is 11.5 Å². The topological polar surface area (TPSA) is 82.8 Å². The standard InChI is InChI=1S/C22H20N2O4S/c1-27-15-7-5-6-14(10-15)22(26)13-29-21-18(12-23)17(11-20(25)24(21)22)16-8-3-4-9-19(16)28-2/h3-10,17,26H,11,13H2,1-2H3/t17-,22-/m0/s1. The second-order valence-electron chi connectivity index (χ2n) is 6.90. The van der Waals surface area contributed by atoms with Gasteiger partial charge in [-0.2, -0.15) is 5.26 Å². The number of hydrogen-bond acceptors (Lipinski definition) is 6. The van der Waals surface area contributed by atoms with Crippen LogP contribution in [0, 0.1) is 11.3 Å². The van der Waals surface area contributed by atoms with E-state index in [1.165, 1.54) is 16.7 Å². The summed E-state index contributed by atoms with van der Waals surface area (Å²) in [6.45, 7) is 0. The molecular formula is C22H20N2O4S. The van der Waals surface area contributed by atoms with E-state index in [9.17, 15) is 15.2 Å². The van der Waals surface area contributed by atoms with Crippen molar-refractivity contribution in [1.29, 1.82) is 5.26 Å². The van der Waals surface area contributed by atoms with Crippen molar-refractivity contribution in [2.24, 2.45) is 0 Å². The lowest BCUT2D eigenvalue weighted by Crippen LogP contribution is -2.48. The van der Waals surface area contributed by atoms with E-state index < -0.39 is 11.6 Å². The summed E-state index contributed by atoms with van der Waals surface area (Å²) in [4.78, 5) is 14.6. The predicted molar refractivity (Wildman–Crippen MR) is 109 cm³/mol. The summed E-state index contributed by atoms with van der Waals surface area (Å²) < 4.78 is 10.7. The van der Waals surface area contributed by atoms with Gasteiger partial charge in [0.05, 0.1) is 36.6 Å². The average Bonchev–Trinajstić information content (AvgIpc) is 3.13. The number of methoxy groups -OCH3 is 2. The first kappa shape index (κ1) is 19.4. The molecule has 2 aromatic carbocycles. The summed E-state index contributed by atoms with van der Waals surface area (Å²) in [6.07, 6.45) is 0.0829. The smallest absolute Gasteiger partial charge is 0.231 e. The Labute approximate surface area is 173 Å². The van der Waals surface area contributed by atoms with Crippen LogP contribution in [0.25, 0.3) is 0 Å². The van der Waals surface area contributed by atoms with Gasteiger partial charge in [-0.15, -0.1) is 11.8 Å². The average molecular weight is 408 g/mol. The lowest BCUT2D eigenvalue weighted by Gasteiger charge is -2.38. The van der Waals surface area contributed by atoms with Crippen LogP contribution < -0.4 is 9.47 Å². The summed E-state index contributed by atoms with van der Waals surface area (Å²) >= 11 is 1.32. The molecule has 4 rings (SSSR count). The zero-order valence-electron chi connectivity index (χ0n) is 16.1. The van der Waals surface area contributed by atoms with Gasteiger partial charge in [0, 0.05) is 23.5 Å². The lowest BCUT2D eigenvalue weighted by atomic mass is 9.85. The van der Waals surface area contributed by atoms with E-state index in [0.29, 0.717) is 27.7 Å². The number of carbonyl (C=O) groups is 1. The number of carbonyl (C=O) groups excluding carboxylic acids is 1. The third-order valence-corrected chi connectivity index (χ3v) is 6.58. The van der Waals surface area contributed by atoms with Crippen molar-refractivity contribution in [3.05, 3.63) is 70.3 Å². The molecular weight excluding hydrogens is 388 g/mol. The molecule has 0 bridgehead atoms. The number of benzene rings is 2. The minimum Gasteiger partial charge on any atom is -0.497 e. The number of rotatable bonds is 4. The molecule has 0 saturated carbocycles. The van der Waals surface area contributed by atoms with Gasteiger partial charge in [0.15, 0.2) is 5.72 Å². The largest absolute Gasteiger partial charge is 0.497 e. The van der Waals surface area contributed by atoms with E-state index in [2.05, 4.69) is 6.07 Å². The van der Waals surface area contributed by atoms with Crippen LogP contribution in [0.4, 0.5) is 0 Å². The Morgan fingerprint density at radius 1 is 1.21 bits per heavy atom. The van der Waals surface area contributed by atoms with Crippen LogP contribution in [0.2, 0.25) is 0 Å². The molecule has 0 aliphatic carbocycles. The SMILES string of the molecule is COc1cccc([C@@]2(O)CSC3=C(C#N)[C@H](c4ccccc4OC)CC(=O)N32)c1. The summed E-state index contributed by atoms with van der Waals surface area (Å²) in [6, 6.07) is 16.7. The molecule has 2 aliphatic heterocycles. The quantitative estimate of drug-likeness (QED) is 0.835. The van der Waals surface area contributed by atoms with Crippen LogP contribution in [0.15, 0.2) is 59.1 Å². The van der Waals surface area contributed by atoms with Crippen LogP contribution in [-0.4, -0.2) is 35.9 Å². The summed E-state index contributed by atoms with van der Waals surface area (Å²) in [5.74, 6) is 0.832. The number of fused-ring (bicyclic) bond motifs is 1. The van der Waals surface area contributed by atoms with Gasteiger partial charge in [0.25, 0.3) is 0 Å². The number of nitriles is 1. The summed E-state index contributed by atoms with van der Waals surface area (Å²) in [5.41, 5.74) is 0.294. The highest BCUT2D eigenvalue weighted by Crippen LogP contribution is 2.52. The summed E-state index contributed by atoms with van der Waals surface area (Å²) in [7, 11) is 3.12. The third kappa shape index (κ3) is 3.05. The Morgan fingerprint density at radius 3 is 2.72 bits per heavy atom. The molecule has 0 aromatic heterocycles. The van der Waals surface area contributed by atoms with Gasteiger partial charge in [0.2, 0.25) is 5.91 Å². The molecule has 1 amide bonds. The maximum absolute atomic E-state index is 13.2. The van der Waals surface area contributed by atoms with Crippen molar-refractivity contribution in [2.45, 2.75) is 18.1 Å². The number of para-hydroxylation sites is 1. The molecule has 1 N–H and O–H groups in total. The van der Waals surface area contributed by atoms with E-state index in [0.717, 1.165) is 5.56 Å². The van der Waals surface area contributed by atoms with Crippen molar-refractivity contribution in [1.82, 2.24) is 4.90 Å². The van der Waals surface area contributed by atoms with Gasteiger partial charge >= 0.3 is 0 Å². The highest BCUT2D eigenvalue weighted by atomic mass is 32.2. The maximum atomic E-state index is 13.2. The normalized spacial score (nSPS) is 23.6. The third-order valence-electron chi connectivity index (χ3n) is 5.36. The molecule has 29 heavy (non-hydrogen) atoms. The van der Waals surface area contributed by atoms with Crippen LogP contribution in [0.1, 0.15) is 23.5 Å². The Bertz CT molecular complexity index is 1050. The van der Waals surface area contributed by atoms with Gasteiger partial charge in [-0.1, -0.05) is 30.3 Å². The molecule has 2 atom stereocenters. The molecule has 2 aromatic rings. The lowest BCUT2D eigenvalue weighted by molar-refractivity contribution is -0.149. The molecule has 2 aliphatic rings. The predicted octanol–water partition coefficient (Wildman–Crippen LogP) is 3.35. The molecule has 0 spiro atoms. The first-order chi connectivity index (χ1) is 14.0. The Kier molecular flexibility index (Phi) is 4.99. The highest BCUT2D eigenvalue weighted by molar-refractivity contribution is 8.03. The molecule has 1 fully saturated rings. The first-order valence-electron chi connectivity index (χ1n) is 9.13. The number of nitrogens with zero attached hydrogens (tertiary/aromatic N) is 2. The van der Waals surface area contributed by atoms with Gasteiger partial charge in [-0.3, -0.25) is 9.69 Å². The molecule has 0 unspecified atom stereocenters. The molecule has 1 saturated heterocycles. The Balaban J connectivity index is 1.82. The number of hydrogen-bond donors (Lipinski definition) is 1. The maximum Gasteiger partial charge on any atom is 0.231 e. The van der Waals surface area contributed by atoms with Gasteiger partial charge in [-0.05, 0) is 18.2 Å². The van der Waals surface area contributed by atoms with Crippen LogP contribution >= 0.6 is 11.8 Å². The zero-order valence-corrected chi connectivity index (χ0v) is 16.9. The molecule has 2 heterocycles. The fraction of sp³-hybridized carbons (Fsp3) is 0.273. The van der Waals surface area contributed by atoms with Crippen molar-refractivity contribution in [3.63, 3.8) is 0 Å². The Hall–Kier alpha value is -2.95. The Morgan fingerprint density at radius 2 is 2.00 bits per heavy atom. The molecule has 148 valence electrons. The monoisotopic (exact) mass is 408 g/mol. The van der Waals surface area contributed by atoms with Crippen LogP contribution in [0.3, 0.4) is 0 Å². The van der Waals surface area contributed by atoms with Gasteiger partial charge < -0.3 is 14.6 Å². The number of aliphatic hydroxyl groups is 1. The van der Waals surface area contributed by atoms with E-state index in [1.807, 2.05) is 24.3 Å². The van der Waals surface area contributed by atoms with E-state index in [4.69, 9.17) is 9.47 Å². The van der Waals surface area contributed by atoms with Crippen LogP contribution in [-0.2, 0) is 10.5 Å². The number of ether oxygens (including phenoxy) is 2.